The van der Waals surface area contributed by atoms with E-state index in [4.69, 9.17) is 9.15 Å². The molecule has 1 aromatic heterocycles. The summed E-state index contributed by atoms with van der Waals surface area (Å²) in [7, 11) is 0. The summed E-state index contributed by atoms with van der Waals surface area (Å²) in [6.07, 6.45) is 1.60. The molecule has 0 radical (unpaired) electrons. The van der Waals surface area contributed by atoms with Gasteiger partial charge in [0.05, 0.1) is 19.4 Å². The molecule has 1 amide bonds. The lowest BCUT2D eigenvalue weighted by Gasteiger charge is -2.09. The van der Waals surface area contributed by atoms with Crippen molar-refractivity contribution in [2.75, 3.05) is 18.5 Å². The minimum atomic E-state index is -0.122. The third kappa shape index (κ3) is 5.46. The van der Waals surface area contributed by atoms with Crippen LogP contribution in [0.5, 0.6) is 5.75 Å². The first kappa shape index (κ1) is 15.9. The van der Waals surface area contributed by atoms with E-state index in [-0.39, 0.29) is 12.5 Å². The van der Waals surface area contributed by atoms with Crippen LogP contribution in [0.4, 0.5) is 5.69 Å². The second kappa shape index (κ2) is 8.05. The maximum atomic E-state index is 11.9. The van der Waals surface area contributed by atoms with Crippen LogP contribution in [0.2, 0.25) is 0 Å². The zero-order chi connectivity index (χ0) is 15.8. The van der Waals surface area contributed by atoms with Crippen LogP contribution < -0.4 is 15.4 Å². The molecule has 116 valence electrons. The zero-order valence-corrected chi connectivity index (χ0v) is 12.6. The number of hydrogen-bond donors (Lipinski definition) is 2. The first-order valence-electron chi connectivity index (χ1n) is 7.03. The SMILES string of the molecule is C=C(C)COc1cccc(NC(=O)CNCc2ccco2)c1. The van der Waals surface area contributed by atoms with E-state index in [0.29, 0.717) is 24.6 Å². The van der Waals surface area contributed by atoms with Crippen LogP contribution in [0, 0.1) is 0 Å². The maximum absolute atomic E-state index is 11.9. The molecule has 0 spiro atoms. The first-order chi connectivity index (χ1) is 10.6. The molecule has 0 unspecified atom stereocenters. The number of furan rings is 1. The highest BCUT2D eigenvalue weighted by Gasteiger charge is 2.04. The van der Waals surface area contributed by atoms with Crippen molar-refractivity contribution in [1.29, 1.82) is 0 Å². The fraction of sp³-hybridized carbons (Fsp3) is 0.235. The van der Waals surface area contributed by atoms with E-state index in [1.165, 1.54) is 0 Å². The number of carbonyl (C=O) groups excluding carboxylic acids is 1. The number of carbonyl (C=O) groups is 1. The standard InChI is InChI=1S/C17H20N2O3/c1-13(2)12-22-15-6-3-5-14(9-15)19-17(20)11-18-10-16-7-4-8-21-16/h3-9,18H,1,10-12H2,2H3,(H,19,20). The molecule has 2 N–H and O–H groups in total. The van der Waals surface area contributed by atoms with Gasteiger partial charge in [0.2, 0.25) is 5.91 Å². The number of ether oxygens (including phenoxy) is 1. The number of anilines is 1. The second-order valence-electron chi connectivity index (χ2n) is 5.00. The molecule has 0 aliphatic rings. The molecular weight excluding hydrogens is 280 g/mol. The predicted molar refractivity (Wildman–Crippen MR) is 85.8 cm³/mol. The lowest BCUT2D eigenvalue weighted by molar-refractivity contribution is -0.115. The van der Waals surface area contributed by atoms with Crippen LogP contribution in [-0.4, -0.2) is 19.1 Å². The van der Waals surface area contributed by atoms with Gasteiger partial charge in [0.15, 0.2) is 0 Å². The van der Waals surface area contributed by atoms with Gasteiger partial charge in [0.1, 0.15) is 18.1 Å². The molecule has 22 heavy (non-hydrogen) atoms. The average Bonchev–Trinajstić information content (AvgIpc) is 2.99. The van der Waals surface area contributed by atoms with E-state index in [9.17, 15) is 4.79 Å². The molecule has 5 heteroatoms. The van der Waals surface area contributed by atoms with Crippen molar-refractivity contribution in [2.45, 2.75) is 13.5 Å². The fourth-order valence-corrected chi connectivity index (χ4v) is 1.79. The van der Waals surface area contributed by atoms with Gasteiger partial charge in [0.25, 0.3) is 0 Å². The molecule has 0 atom stereocenters. The highest BCUT2D eigenvalue weighted by atomic mass is 16.5. The molecule has 0 aliphatic heterocycles. The van der Waals surface area contributed by atoms with Gasteiger partial charge in [0, 0.05) is 11.8 Å². The van der Waals surface area contributed by atoms with Gasteiger partial charge in [-0.25, -0.2) is 0 Å². The molecular formula is C17H20N2O3. The van der Waals surface area contributed by atoms with Gasteiger partial charge in [-0.2, -0.15) is 0 Å². The summed E-state index contributed by atoms with van der Waals surface area (Å²) in [4.78, 5) is 11.9. The number of rotatable bonds is 8. The minimum absolute atomic E-state index is 0.122. The van der Waals surface area contributed by atoms with E-state index in [2.05, 4.69) is 17.2 Å². The van der Waals surface area contributed by atoms with Crippen molar-refractivity contribution in [3.05, 3.63) is 60.6 Å². The molecule has 5 nitrogen and oxygen atoms in total. The van der Waals surface area contributed by atoms with E-state index >= 15 is 0 Å². The van der Waals surface area contributed by atoms with Crippen LogP contribution in [-0.2, 0) is 11.3 Å². The monoisotopic (exact) mass is 300 g/mol. The van der Waals surface area contributed by atoms with Crippen molar-refractivity contribution < 1.29 is 13.9 Å². The van der Waals surface area contributed by atoms with Gasteiger partial charge < -0.3 is 19.8 Å². The van der Waals surface area contributed by atoms with E-state index in [1.807, 2.05) is 37.3 Å². The van der Waals surface area contributed by atoms with Crippen molar-refractivity contribution in [1.82, 2.24) is 5.32 Å². The molecule has 0 bridgehead atoms. The quantitative estimate of drug-likeness (QED) is 0.736. The van der Waals surface area contributed by atoms with Gasteiger partial charge >= 0.3 is 0 Å². The summed E-state index contributed by atoms with van der Waals surface area (Å²) in [6.45, 7) is 6.87. The molecule has 1 heterocycles. The molecule has 0 saturated carbocycles. The summed E-state index contributed by atoms with van der Waals surface area (Å²) < 4.78 is 10.7. The summed E-state index contributed by atoms with van der Waals surface area (Å²) in [5.41, 5.74) is 1.64. The first-order valence-corrected chi connectivity index (χ1v) is 7.03. The summed E-state index contributed by atoms with van der Waals surface area (Å²) >= 11 is 0. The van der Waals surface area contributed by atoms with Gasteiger partial charge in [-0.1, -0.05) is 12.6 Å². The Bertz CT molecular complexity index is 621. The molecule has 0 fully saturated rings. The Balaban J connectivity index is 1.78. The van der Waals surface area contributed by atoms with Crippen molar-refractivity contribution in [3.8, 4) is 5.75 Å². The molecule has 0 saturated heterocycles. The third-order valence-electron chi connectivity index (χ3n) is 2.77. The molecule has 1 aromatic carbocycles. The Kier molecular flexibility index (Phi) is 5.80. The normalized spacial score (nSPS) is 10.2. The summed E-state index contributed by atoms with van der Waals surface area (Å²) in [5.74, 6) is 1.37. The second-order valence-corrected chi connectivity index (χ2v) is 5.00. The highest BCUT2D eigenvalue weighted by Crippen LogP contribution is 2.17. The van der Waals surface area contributed by atoms with Crippen LogP contribution in [0.1, 0.15) is 12.7 Å². The van der Waals surface area contributed by atoms with Crippen molar-refractivity contribution in [3.63, 3.8) is 0 Å². The summed E-state index contributed by atoms with van der Waals surface area (Å²) in [6, 6.07) is 10.9. The molecule has 2 rings (SSSR count). The smallest absolute Gasteiger partial charge is 0.238 e. The van der Waals surface area contributed by atoms with Crippen LogP contribution >= 0.6 is 0 Å². The van der Waals surface area contributed by atoms with E-state index in [0.717, 1.165) is 11.3 Å². The number of nitrogens with one attached hydrogen (secondary N) is 2. The summed E-state index contributed by atoms with van der Waals surface area (Å²) in [5, 5.41) is 5.83. The molecule has 0 aliphatic carbocycles. The van der Waals surface area contributed by atoms with Crippen LogP contribution in [0.25, 0.3) is 0 Å². The van der Waals surface area contributed by atoms with Gasteiger partial charge in [-0.15, -0.1) is 0 Å². The maximum Gasteiger partial charge on any atom is 0.238 e. The van der Waals surface area contributed by atoms with E-state index in [1.54, 1.807) is 12.3 Å². The number of benzene rings is 1. The van der Waals surface area contributed by atoms with E-state index < -0.39 is 0 Å². The zero-order valence-electron chi connectivity index (χ0n) is 12.6. The highest BCUT2D eigenvalue weighted by molar-refractivity contribution is 5.92. The van der Waals surface area contributed by atoms with Crippen LogP contribution in [0.15, 0.2) is 59.2 Å². The van der Waals surface area contributed by atoms with Crippen LogP contribution in [0.3, 0.4) is 0 Å². The lowest BCUT2D eigenvalue weighted by atomic mass is 10.3. The minimum Gasteiger partial charge on any atom is -0.489 e. The fourth-order valence-electron chi connectivity index (χ4n) is 1.79. The Morgan fingerprint density at radius 3 is 2.91 bits per heavy atom. The Morgan fingerprint density at radius 2 is 2.18 bits per heavy atom. The third-order valence-corrected chi connectivity index (χ3v) is 2.77. The van der Waals surface area contributed by atoms with Gasteiger partial charge in [-0.05, 0) is 36.8 Å². The number of amides is 1. The molecule has 2 aromatic rings. The Morgan fingerprint density at radius 1 is 1.32 bits per heavy atom. The average molecular weight is 300 g/mol. The Labute approximate surface area is 130 Å². The largest absolute Gasteiger partial charge is 0.489 e. The predicted octanol–water partition coefficient (Wildman–Crippen LogP) is 2.96. The van der Waals surface area contributed by atoms with Crippen molar-refractivity contribution >= 4 is 11.6 Å². The van der Waals surface area contributed by atoms with Crippen molar-refractivity contribution in [2.24, 2.45) is 0 Å². The van der Waals surface area contributed by atoms with Gasteiger partial charge in [-0.3, -0.25) is 4.79 Å². The topological polar surface area (TPSA) is 63.5 Å². The Hall–Kier alpha value is -2.53. The lowest BCUT2D eigenvalue weighted by Crippen LogP contribution is -2.27. The number of hydrogen-bond acceptors (Lipinski definition) is 4.